The lowest BCUT2D eigenvalue weighted by molar-refractivity contribution is -0.136. The normalized spacial score (nSPS) is 17.4. The molecule has 1 aromatic heterocycles. The fourth-order valence-electron chi connectivity index (χ4n) is 2.71. The molecule has 5 nitrogen and oxygen atoms in total. The van der Waals surface area contributed by atoms with Gasteiger partial charge in [0.25, 0.3) is 0 Å². The molecule has 3 rings (SSSR count). The number of hydrogen-bond acceptors (Lipinski definition) is 5. The van der Waals surface area contributed by atoms with Gasteiger partial charge in [0.15, 0.2) is 16.7 Å². The molecule has 8 heteroatoms. The maximum absolute atomic E-state index is 14.6. The molecule has 0 radical (unpaired) electrons. The lowest BCUT2D eigenvalue weighted by Crippen LogP contribution is -2.18. The number of Topliss-reactive ketones (excluding diaryl/α,β-unsaturated/α-hetero) is 1. The summed E-state index contributed by atoms with van der Waals surface area (Å²) < 4.78 is 27.7. The van der Waals surface area contributed by atoms with E-state index in [-0.39, 0.29) is 33.7 Å². The topological polar surface area (TPSA) is 87.0 Å². The molecule has 0 unspecified atom stereocenters. The molecule has 0 saturated heterocycles. The van der Waals surface area contributed by atoms with E-state index >= 15 is 0 Å². The van der Waals surface area contributed by atoms with Crippen molar-refractivity contribution < 1.29 is 28.6 Å². The largest absolute Gasteiger partial charge is 0.505 e. The van der Waals surface area contributed by atoms with E-state index in [1.54, 1.807) is 0 Å². The van der Waals surface area contributed by atoms with Crippen molar-refractivity contribution in [3.05, 3.63) is 56.1 Å². The van der Waals surface area contributed by atoms with E-state index in [1.165, 1.54) is 13.0 Å². The number of carbonyl (C=O) groups is 2. The van der Waals surface area contributed by atoms with Crippen LogP contribution in [0, 0.1) is 5.13 Å². The molecule has 2 aliphatic rings. The number of aliphatic imine (C=N–C) groups is 1. The van der Waals surface area contributed by atoms with E-state index < -0.39 is 34.9 Å². The molecule has 1 aliphatic carbocycles. The SMILES string of the molecule is CC1=C(CC(=O)O)C2=C(F)C(O)=C(C(=O)c3ccc(F)s3)CC2=N1. The predicted molar refractivity (Wildman–Crippen MR) is 83.4 cm³/mol. The zero-order valence-electron chi connectivity index (χ0n) is 12.4. The monoisotopic (exact) mass is 351 g/mol. The van der Waals surface area contributed by atoms with Gasteiger partial charge >= 0.3 is 5.97 Å². The highest BCUT2D eigenvalue weighted by Crippen LogP contribution is 2.40. The lowest BCUT2D eigenvalue weighted by Gasteiger charge is -2.18. The number of aliphatic hydroxyl groups excluding tert-OH is 1. The third-order valence-electron chi connectivity index (χ3n) is 3.79. The van der Waals surface area contributed by atoms with Gasteiger partial charge in [-0.2, -0.15) is 4.39 Å². The Kier molecular flexibility index (Phi) is 3.92. The third kappa shape index (κ3) is 2.58. The summed E-state index contributed by atoms with van der Waals surface area (Å²) in [6, 6.07) is 2.37. The predicted octanol–water partition coefficient (Wildman–Crippen LogP) is 3.71. The number of hydrogen-bond donors (Lipinski definition) is 2. The van der Waals surface area contributed by atoms with Crippen LogP contribution >= 0.6 is 11.3 Å². The van der Waals surface area contributed by atoms with Crippen LogP contribution < -0.4 is 0 Å². The van der Waals surface area contributed by atoms with Crippen molar-refractivity contribution >= 4 is 28.8 Å². The Bertz CT molecular complexity index is 905. The van der Waals surface area contributed by atoms with Crippen LogP contribution in [-0.4, -0.2) is 27.7 Å². The molecule has 2 N–H and O–H groups in total. The van der Waals surface area contributed by atoms with Gasteiger partial charge < -0.3 is 10.2 Å². The summed E-state index contributed by atoms with van der Waals surface area (Å²) in [6.45, 7) is 1.54. The highest BCUT2D eigenvalue weighted by Gasteiger charge is 2.36. The molecular weight excluding hydrogens is 340 g/mol. The van der Waals surface area contributed by atoms with E-state index in [0.717, 1.165) is 6.07 Å². The minimum atomic E-state index is -1.15. The van der Waals surface area contributed by atoms with Crippen LogP contribution in [0.5, 0.6) is 0 Å². The molecule has 0 bridgehead atoms. The minimum Gasteiger partial charge on any atom is -0.505 e. The summed E-state index contributed by atoms with van der Waals surface area (Å²) >= 11 is 0.600. The number of carbonyl (C=O) groups excluding carboxylic acids is 1. The number of thiophene rings is 1. The molecular formula is C16H11F2NO4S. The molecule has 0 saturated carbocycles. The standard InChI is InChI=1S/C16H11F2NO4S/c1-6-7(5-12(20)21)13-9(19-6)4-8(16(23)14(13)18)15(22)10-2-3-11(17)24-10/h2-3,23H,4-5H2,1H3,(H,20,21). The summed E-state index contributed by atoms with van der Waals surface area (Å²) in [4.78, 5) is 27.5. The van der Waals surface area contributed by atoms with E-state index in [1.807, 2.05) is 0 Å². The molecule has 0 spiro atoms. The summed E-state index contributed by atoms with van der Waals surface area (Å²) in [5.74, 6) is -3.75. The fourth-order valence-corrected chi connectivity index (χ4v) is 3.41. The highest BCUT2D eigenvalue weighted by atomic mass is 32.1. The van der Waals surface area contributed by atoms with Gasteiger partial charge in [-0.15, -0.1) is 11.3 Å². The first-order valence-corrected chi connectivity index (χ1v) is 7.73. The lowest BCUT2D eigenvalue weighted by atomic mass is 9.87. The first-order valence-electron chi connectivity index (χ1n) is 6.91. The number of nitrogens with zero attached hydrogens (tertiary/aromatic N) is 1. The summed E-state index contributed by atoms with van der Waals surface area (Å²) in [5, 5.41) is 18.4. The van der Waals surface area contributed by atoms with Crippen molar-refractivity contribution in [2.45, 2.75) is 19.8 Å². The van der Waals surface area contributed by atoms with Crippen LogP contribution in [0.2, 0.25) is 0 Å². The molecule has 124 valence electrons. The first-order chi connectivity index (χ1) is 11.3. The zero-order chi connectivity index (χ0) is 17.6. The average molecular weight is 351 g/mol. The number of ketones is 1. The van der Waals surface area contributed by atoms with Crippen molar-refractivity contribution in [1.82, 2.24) is 0 Å². The second-order valence-electron chi connectivity index (χ2n) is 5.32. The number of allylic oxidation sites excluding steroid dienone is 4. The first kappa shape index (κ1) is 16.3. The molecule has 1 aliphatic heterocycles. The van der Waals surface area contributed by atoms with Crippen LogP contribution in [0.15, 0.2) is 51.1 Å². The Morgan fingerprint density at radius 1 is 1.33 bits per heavy atom. The van der Waals surface area contributed by atoms with Crippen molar-refractivity contribution in [1.29, 1.82) is 0 Å². The van der Waals surface area contributed by atoms with Crippen molar-refractivity contribution in [2.24, 2.45) is 4.99 Å². The highest BCUT2D eigenvalue weighted by molar-refractivity contribution is 7.12. The number of aliphatic carboxylic acids is 1. The van der Waals surface area contributed by atoms with Gasteiger partial charge in [-0.05, 0) is 24.6 Å². The van der Waals surface area contributed by atoms with E-state index in [2.05, 4.69) is 4.99 Å². The average Bonchev–Trinajstić information content (AvgIpc) is 3.06. The second kappa shape index (κ2) is 5.79. The molecule has 1 aromatic rings. The zero-order valence-corrected chi connectivity index (χ0v) is 13.2. The third-order valence-corrected chi connectivity index (χ3v) is 4.66. The maximum atomic E-state index is 14.6. The van der Waals surface area contributed by atoms with E-state index in [9.17, 15) is 23.5 Å². The fraction of sp³-hybridized carbons (Fsp3) is 0.188. The van der Waals surface area contributed by atoms with E-state index in [0.29, 0.717) is 17.0 Å². The van der Waals surface area contributed by atoms with Crippen molar-refractivity contribution in [2.75, 3.05) is 0 Å². The van der Waals surface area contributed by atoms with Crippen LogP contribution in [0.3, 0.4) is 0 Å². The summed E-state index contributed by atoms with van der Waals surface area (Å²) in [5.41, 5.74) is 0.415. The Labute approximate surface area is 139 Å². The Morgan fingerprint density at radius 2 is 2.04 bits per heavy atom. The smallest absolute Gasteiger partial charge is 0.307 e. The molecule has 0 aromatic carbocycles. The number of rotatable bonds is 4. The van der Waals surface area contributed by atoms with Gasteiger partial charge in [0, 0.05) is 17.7 Å². The number of carboxylic acid groups (broad SMARTS) is 1. The van der Waals surface area contributed by atoms with Gasteiger partial charge in [0.1, 0.15) is 0 Å². The van der Waals surface area contributed by atoms with Gasteiger partial charge in [-0.3, -0.25) is 14.6 Å². The Balaban J connectivity index is 2.04. The second-order valence-corrected chi connectivity index (χ2v) is 6.35. The number of carboxylic acids is 1. The van der Waals surface area contributed by atoms with Crippen LogP contribution in [0.1, 0.15) is 29.4 Å². The Hall–Kier alpha value is -2.61. The number of halogens is 2. The molecule has 0 amide bonds. The molecule has 0 atom stereocenters. The van der Waals surface area contributed by atoms with Crippen LogP contribution in [0.25, 0.3) is 0 Å². The Morgan fingerprint density at radius 3 is 2.62 bits per heavy atom. The van der Waals surface area contributed by atoms with Gasteiger partial charge in [-0.1, -0.05) is 0 Å². The van der Waals surface area contributed by atoms with Crippen molar-refractivity contribution in [3.63, 3.8) is 0 Å². The number of fused-ring (bicyclic) bond motifs is 1. The molecule has 0 fully saturated rings. The maximum Gasteiger partial charge on any atom is 0.307 e. The summed E-state index contributed by atoms with van der Waals surface area (Å²) in [7, 11) is 0. The molecule has 24 heavy (non-hydrogen) atoms. The summed E-state index contributed by atoms with van der Waals surface area (Å²) in [6.07, 6.45) is -0.582. The number of aliphatic hydroxyl groups is 1. The van der Waals surface area contributed by atoms with Crippen LogP contribution in [0.4, 0.5) is 8.78 Å². The molecule has 2 heterocycles. The minimum absolute atomic E-state index is 0.0411. The van der Waals surface area contributed by atoms with E-state index in [4.69, 9.17) is 5.11 Å². The quantitative estimate of drug-likeness (QED) is 0.810. The van der Waals surface area contributed by atoms with Gasteiger partial charge in [0.05, 0.1) is 22.6 Å². The van der Waals surface area contributed by atoms with Crippen LogP contribution in [-0.2, 0) is 4.79 Å². The van der Waals surface area contributed by atoms with Gasteiger partial charge in [-0.25, -0.2) is 4.39 Å². The van der Waals surface area contributed by atoms with Gasteiger partial charge in [0.2, 0.25) is 5.78 Å². The van der Waals surface area contributed by atoms with Crippen molar-refractivity contribution in [3.8, 4) is 0 Å².